The summed E-state index contributed by atoms with van der Waals surface area (Å²) in [4.78, 5) is 12.8. The van der Waals surface area contributed by atoms with Crippen LogP contribution in [0.2, 0.25) is 0 Å². The van der Waals surface area contributed by atoms with Gasteiger partial charge in [0.15, 0.2) is 0 Å². The first-order valence-corrected chi connectivity index (χ1v) is 8.37. The molecule has 4 nitrogen and oxygen atoms in total. The number of nitrogens with one attached hydrogen (secondary N) is 1. The fourth-order valence-corrected chi connectivity index (χ4v) is 2.50. The van der Waals surface area contributed by atoms with Gasteiger partial charge in [0.25, 0.3) is 0 Å². The molecule has 1 rings (SSSR count). The average molecular weight is 311 g/mol. The molecule has 0 bridgehead atoms. The van der Waals surface area contributed by atoms with Gasteiger partial charge < -0.3 is 15.2 Å². The molecule has 0 fully saturated rings. The lowest BCUT2D eigenvalue weighted by Crippen LogP contribution is -2.26. The molecule has 0 heterocycles. The molecular weight excluding hydrogens is 286 g/mol. The number of thioether (sulfide) groups is 1. The standard InChI is InChI=1S/C16H25NO3S/c1-3-20-14-6-8-15(9-7-14)21-12-16(19)17-10-4-5-13(2)11-18/h6-9,13,18H,3-5,10-12H2,1-2H3,(H,17,19). The Morgan fingerprint density at radius 3 is 2.71 bits per heavy atom. The van der Waals surface area contributed by atoms with Crippen molar-refractivity contribution in [3.05, 3.63) is 24.3 Å². The molecule has 0 aromatic heterocycles. The van der Waals surface area contributed by atoms with Crippen LogP contribution in [0.1, 0.15) is 26.7 Å². The van der Waals surface area contributed by atoms with Crippen molar-refractivity contribution in [2.45, 2.75) is 31.6 Å². The Morgan fingerprint density at radius 1 is 1.38 bits per heavy atom. The summed E-state index contributed by atoms with van der Waals surface area (Å²) >= 11 is 1.52. The molecule has 1 unspecified atom stereocenters. The summed E-state index contributed by atoms with van der Waals surface area (Å²) in [6, 6.07) is 7.76. The Bertz CT molecular complexity index is 408. The zero-order valence-corrected chi connectivity index (χ0v) is 13.6. The molecule has 1 aromatic carbocycles. The number of carbonyl (C=O) groups is 1. The molecule has 0 aliphatic carbocycles. The molecule has 0 spiro atoms. The highest BCUT2D eigenvalue weighted by Crippen LogP contribution is 2.21. The maximum atomic E-state index is 11.7. The zero-order valence-electron chi connectivity index (χ0n) is 12.8. The molecule has 1 aromatic rings. The lowest BCUT2D eigenvalue weighted by molar-refractivity contribution is -0.118. The smallest absolute Gasteiger partial charge is 0.230 e. The molecule has 118 valence electrons. The summed E-state index contributed by atoms with van der Waals surface area (Å²) < 4.78 is 5.37. The molecule has 5 heteroatoms. The van der Waals surface area contributed by atoms with Gasteiger partial charge in [0.05, 0.1) is 12.4 Å². The SMILES string of the molecule is CCOc1ccc(SCC(=O)NCCCC(C)CO)cc1. The Balaban J connectivity index is 2.17. The molecular formula is C16H25NO3S. The third kappa shape index (κ3) is 7.97. The summed E-state index contributed by atoms with van der Waals surface area (Å²) in [6.45, 7) is 5.50. The number of aliphatic hydroxyl groups excluding tert-OH is 1. The van der Waals surface area contributed by atoms with Crippen molar-refractivity contribution in [1.29, 1.82) is 0 Å². The van der Waals surface area contributed by atoms with Gasteiger partial charge in [-0.15, -0.1) is 11.8 Å². The van der Waals surface area contributed by atoms with Crippen LogP contribution in [-0.2, 0) is 4.79 Å². The lowest BCUT2D eigenvalue weighted by Gasteiger charge is -2.08. The van der Waals surface area contributed by atoms with E-state index in [2.05, 4.69) is 5.32 Å². The monoisotopic (exact) mass is 311 g/mol. The van der Waals surface area contributed by atoms with Crippen LogP contribution in [0, 0.1) is 5.92 Å². The minimum absolute atomic E-state index is 0.0468. The van der Waals surface area contributed by atoms with Crippen molar-refractivity contribution < 1.29 is 14.6 Å². The third-order valence-electron chi connectivity index (χ3n) is 3.01. The van der Waals surface area contributed by atoms with E-state index in [-0.39, 0.29) is 12.5 Å². The van der Waals surface area contributed by atoms with Gasteiger partial charge in [-0.25, -0.2) is 0 Å². The number of aliphatic hydroxyl groups is 1. The van der Waals surface area contributed by atoms with Crippen LogP contribution in [0.5, 0.6) is 5.75 Å². The van der Waals surface area contributed by atoms with Crippen LogP contribution < -0.4 is 10.1 Å². The van der Waals surface area contributed by atoms with Crippen LogP contribution in [0.15, 0.2) is 29.2 Å². The van der Waals surface area contributed by atoms with Crippen molar-refractivity contribution >= 4 is 17.7 Å². The van der Waals surface area contributed by atoms with Gasteiger partial charge in [0.2, 0.25) is 5.91 Å². The number of rotatable bonds is 10. The second-order valence-corrected chi connectivity index (χ2v) is 6.02. The fraction of sp³-hybridized carbons (Fsp3) is 0.562. The van der Waals surface area contributed by atoms with Crippen LogP contribution in [-0.4, -0.2) is 36.5 Å². The van der Waals surface area contributed by atoms with Gasteiger partial charge in [-0.1, -0.05) is 6.92 Å². The second kappa shape index (κ2) is 10.5. The molecule has 0 aliphatic heterocycles. The Morgan fingerprint density at radius 2 is 2.10 bits per heavy atom. The van der Waals surface area contributed by atoms with Crippen LogP contribution >= 0.6 is 11.8 Å². The zero-order chi connectivity index (χ0) is 15.5. The minimum Gasteiger partial charge on any atom is -0.494 e. The van der Waals surface area contributed by atoms with Crippen molar-refractivity contribution in [3.63, 3.8) is 0 Å². The van der Waals surface area contributed by atoms with Crippen LogP contribution in [0.3, 0.4) is 0 Å². The molecule has 1 amide bonds. The number of benzene rings is 1. The first-order chi connectivity index (χ1) is 10.2. The number of hydrogen-bond acceptors (Lipinski definition) is 4. The highest BCUT2D eigenvalue weighted by Gasteiger charge is 2.04. The summed E-state index contributed by atoms with van der Waals surface area (Å²) in [6.07, 6.45) is 1.84. The third-order valence-corrected chi connectivity index (χ3v) is 4.02. The molecule has 2 N–H and O–H groups in total. The highest BCUT2D eigenvalue weighted by atomic mass is 32.2. The number of ether oxygens (including phenoxy) is 1. The minimum atomic E-state index is 0.0468. The largest absolute Gasteiger partial charge is 0.494 e. The Hall–Kier alpha value is -1.20. The number of hydrogen-bond donors (Lipinski definition) is 2. The van der Waals surface area contributed by atoms with Gasteiger partial charge in [-0.3, -0.25) is 4.79 Å². The summed E-state index contributed by atoms with van der Waals surface area (Å²) in [7, 11) is 0. The number of amides is 1. The van der Waals surface area contributed by atoms with Crippen molar-refractivity contribution in [1.82, 2.24) is 5.32 Å². The molecule has 1 atom stereocenters. The molecule has 21 heavy (non-hydrogen) atoms. The topological polar surface area (TPSA) is 58.6 Å². The van der Waals surface area contributed by atoms with E-state index in [1.54, 1.807) is 0 Å². The second-order valence-electron chi connectivity index (χ2n) is 4.97. The van der Waals surface area contributed by atoms with Crippen LogP contribution in [0.4, 0.5) is 0 Å². The Kier molecular flexibility index (Phi) is 8.94. The van der Waals surface area contributed by atoms with Crippen LogP contribution in [0.25, 0.3) is 0 Å². The van der Waals surface area contributed by atoms with Crippen molar-refractivity contribution in [2.24, 2.45) is 5.92 Å². The summed E-state index contributed by atoms with van der Waals surface area (Å²) in [5.41, 5.74) is 0. The molecule has 0 radical (unpaired) electrons. The first kappa shape index (κ1) is 17.9. The van der Waals surface area contributed by atoms with Gasteiger partial charge in [-0.05, 0) is 49.9 Å². The summed E-state index contributed by atoms with van der Waals surface area (Å²) in [5.74, 6) is 1.62. The van der Waals surface area contributed by atoms with Crippen molar-refractivity contribution in [3.8, 4) is 5.75 Å². The quantitative estimate of drug-likeness (QED) is 0.515. The highest BCUT2D eigenvalue weighted by molar-refractivity contribution is 8.00. The molecule has 0 saturated heterocycles. The van der Waals surface area contributed by atoms with E-state index in [0.29, 0.717) is 24.8 Å². The summed E-state index contributed by atoms with van der Waals surface area (Å²) in [5, 5.41) is 11.8. The predicted molar refractivity (Wildman–Crippen MR) is 86.8 cm³/mol. The van der Waals surface area contributed by atoms with E-state index in [0.717, 1.165) is 23.5 Å². The Labute approximate surface area is 131 Å². The van der Waals surface area contributed by atoms with E-state index >= 15 is 0 Å². The van der Waals surface area contributed by atoms with Gasteiger partial charge >= 0.3 is 0 Å². The molecule has 0 saturated carbocycles. The van der Waals surface area contributed by atoms with Gasteiger partial charge in [0.1, 0.15) is 5.75 Å². The fourth-order valence-electron chi connectivity index (χ4n) is 1.77. The lowest BCUT2D eigenvalue weighted by atomic mass is 10.1. The van der Waals surface area contributed by atoms with E-state index in [1.165, 1.54) is 11.8 Å². The van der Waals surface area contributed by atoms with E-state index in [1.807, 2.05) is 38.1 Å². The van der Waals surface area contributed by atoms with Gasteiger partial charge in [-0.2, -0.15) is 0 Å². The normalized spacial score (nSPS) is 12.0. The van der Waals surface area contributed by atoms with E-state index in [4.69, 9.17) is 9.84 Å². The molecule has 0 aliphatic rings. The maximum Gasteiger partial charge on any atom is 0.230 e. The van der Waals surface area contributed by atoms with E-state index in [9.17, 15) is 4.79 Å². The van der Waals surface area contributed by atoms with E-state index < -0.39 is 0 Å². The maximum absolute atomic E-state index is 11.7. The van der Waals surface area contributed by atoms with Crippen molar-refractivity contribution in [2.75, 3.05) is 25.5 Å². The first-order valence-electron chi connectivity index (χ1n) is 7.39. The van der Waals surface area contributed by atoms with Gasteiger partial charge in [0, 0.05) is 18.0 Å². The average Bonchev–Trinajstić information content (AvgIpc) is 2.51. The predicted octanol–water partition coefficient (Wildman–Crippen LogP) is 2.70. The number of carbonyl (C=O) groups excluding carboxylic acids is 1.